The largest absolute Gasteiger partial charge is 0.354 e. The van der Waals surface area contributed by atoms with E-state index < -0.39 is 0 Å². The molecule has 0 aromatic carbocycles. The minimum atomic E-state index is 0.0516. The molecule has 136 valence electrons. The lowest BCUT2D eigenvalue weighted by atomic mass is 9.92. The fourth-order valence-electron chi connectivity index (χ4n) is 2.77. The van der Waals surface area contributed by atoms with Crippen molar-refractivity contribution >= 4 is 22.3 Å². The first-order chi connectivity index (χ1) is 11.8. The predicted octanol–water partition coefficient (Wildman–Crippen LogP) is 2.52. The van der Waals surface area contributed by atoms with Crippen molar-refractivity contribution in [3.63, 3.8) is 0 Å². The molecule has 3 rings (SSSR count). The monoisotopic (exact) mass is 360 g/mol. The zero-order valence-electron chi connectivity index (χ0n) is 15.8. The van der Waals surface area contributed by atoms with Gasteiger partial charge in [0.05, 0.1) is 5.69 Å². The van der Waals surface area contributed by atoms with Crippen LogP contribution in [0.15, 0.2) is 18.3 Å². The first-order valence-corrected chi connectivity index (χ1v) is 9.56. The number of nitrogens with one attached hydrogen (secondary N) is 1. The van der Waals surface area contributed by atoms with Gasteiger partial charge in [0.15, 0.2) is 10.9 Å². The molecule has 0 bridgehead atoms. The first-order valence-electron chi connectivity index (χ1n) is 8.75. The van der Waals surface area contributed by atoms with E-state index in [1.807, 2.05) is 25.2 Å². The smallest absolute Gasteiger partial charge is 0.185 e. The minimum Gasteiger partial charge on any atom is -0.354 e. The highest BCUT2D eigenvalue weighted by molar-refractivity contribution is 7.15. The number of anilines is 2. The highest BCUT2D eigenvalue weighted by Crippen LogP contribution is 2.25. The molecule has 1 N–H and O–H groups in total. The molecule has 25 heavy (non-hydrogen) atoms. The van der Waals surface area contributed by atoms with Gasteiger partial charge in [0.25, 0.3) is 0 Å². The number of hydrogen-bond acceptors (Lipinski definition) is 7. The molecular weight excluding hydrogens is 332 g/mol. The Labute approximate surface area is 154 Å². The summed E-state index contributed by atoms with van der Waals surface area (Å²) in [6.45, 7) is 10.5. The Bertz CT molecular complexity index is 682. The molecule has 1 aliphatic rings. The SMILES string of the molecule is CN(C)c1ncc(CNCC2CN(c3ccc(C(C)(C)C)nn3)C2)s1. The maximum atomic E-state index is 4.40. The predicted molar refractivity (Wildman–Crippen MR) is 105 cm³/mol. The molecule has 0 spiro atoms. The summed E-state index contributed by atoms with van der Waals surface area (Å²) in [6, 6.07) is 4.19. The lowest BCUT2D eigenvalue weighted by Gasteiger charge is -2.40. The Kier molecular flexibility index (Phi) is 5.24. The van der Waals surface area contributed by atoms with Crippen molar-refractivity contribution in [3.05, 3.63) is 28.9 Å². The summed E-state index contributed by atoms with van der Waals surface area (Å²) in [5.41, 5.74) is 1.09. The minimum absolute atomic E-state index is 0.0516. The summed E-state index contributed by atoms with van der Waals surface area (Å²) in [6.07, 6.45) is 1.96. The molecule has 2 aromatic heterocycles. The number of thiazole rings is 1. The van der Waals surface area contributed by atoms with Crippen LogP contribution in [0.2, 0.25) is 0 Å². The van der Waals surface area contributed by atoms with Crippen LogP contribution in [0.25, 0.3) is 0 Å². The number of rotatable bonds is 6. The summed E-state index contributed by atoms with van der Waals surface area (Å²) in [5, 5.41) is 13.4. The maximum absolute atomic E-state index is 4.40. The second kappa shape index (κ2) is 7.25. The van der Waals surface area contributed by atoms with Gasteiger partial charge < -0.3 is 15.1 Å². The summed E-state index contributed by atoms with van der Waals surface area (Å²) in [4.78, 5) is 10.0. The summed E-state index contributed by atoms with van der Waals surface area (Å²) >= 11 is 1.74. The van der Waals surface area contributed by atoms with Crippen LogP contribution in [-0.4, -0.2) is 48.9 Å². The van der Waals surface area contributed by atoms with Crippen molar-refractivity contribution in [1.82, 2.24) is 20.5 Å². The van der Waals surface area contributed by atoms with Crippen LogP contribution >= 0.6 is 11.3 Å². The maximum Gasteiger partial charge on any atom is 0.185 e. The van der Waals surface area contributed by atoms with Gasteiger partial charge in [0.2, 0.25) is 0 Å². The van der Waals surface area contributed by atoms with E-state index in [2.05, 4.69) is 58.3 Å². The van der Waals surface area contributed by atoms with E-state index in [9.17, 15) is 0 Å². The lowest BCUT2D eigenvalue weighted by molar-refractivity contribution is 0.381. The Morgan fingerprint density at radius 1 is 1.24 bits per heavy atom. The molecule has 3 heterocycles. The van der Waals surface area contributed by atoms with Crippen LogP contribution in [0.4, 0.5) is 10.9 Å². The molecular formula is C18H28N6S. The molecule has 1 saturated heterocycles. The van der Waals surface area contributed by atoms with E-state index in [1.165, 1.54) is 4.88 Å². The zero-order chi connectivity index (χ0) is 18.0. The van der Waals surface area contributed by atoms with Gasteiger partial charge in [0, 0.05) is 62.7 Å². The van der Waals surface area contributed by atoms with E-state index in [4.69, 9.17) is 0 Å². The third-order valence-corrected chi connectivity index (χ3v) is 5.52. The highest BCUT2D eigenvalue weighted by atomic mass is 32.1. The number of nitrogens with zero attached hydrogens (tertiary/aromatic N) is 5. The van der Waals surface area contributed by atoms with Crippen molar-refractivity contribution in [3.8, 4) is 0 Å². The van der Waals surface area contributed by atoms with Gasteiger partial charge >= 0.3 is 0 Å². The van der Waals surface area contributed by atoms with Crippen molar-refractivity contribution < 1.29 is 0 Å². The van der Waals surface area contributed by atoms with Gasteiger partial charge in [0.1, 0.15) is 0 Å². The van der Waals surface area contributed by atoms with E-state index in [0.717, 1.165) is 42.8 Å². The fourth-order valence-corrected chi connectivity index (χ4v) is 3.57. The third kappa shape index (κ3) is 4.46. The molecule has 0 radical (unpaired) electrons. The van der Waals surface area contributed by atoms with Gasteiger partial charge in [-0.2, -0.15) is 5.10 Å². The van der Waals surface area contributed by atoms with Crippen molar-refractivity contribution in [2.24, 2.45) is 5.92 Å². The second-order valence-electron chi connectivity index (χ2n) is 7.93. The second-order valence-corrected chi connectivity index (χ2v) is 9.03. The summed E-state index contributed by atoms with van der Waals surface area (Å²) < 4.78 is 0. The molecule has 0 atom stereocenters. The molecule has 1 fully saturated rings. The Hall–Kier alpha value is -1.73. The van der Waals surface area contributed by atoms with E-state index >= 15 is 0 Å². The molecule has 0 aliphatic carbocycles. The normalized spacial score (nSPS) is 15.3. The standard InChI is InChI=1S/C18H28N6S/c1-18(2,3)15-6-7-16(22-21-15)24-11-13(12-24)8-19-9-14-10-20-17(25-14)23(4)5/h6-7,10,13,19H,8-9,11-12H2,1-5H3. The van der Waals surface area contributed by atoms with Gasteiger partial charge in [-0.25, -0.2) is 4.98 Å². The van der Waals surface area contributed by atoms with E-state index in [0.29, 0.717) is 5.92 Å². The van der Waals surface area contributed by atoms with Crippen molar-refractivity contribution in [2.45, 2.75) is 32.7 Å². The summed E-state index contributed by atoms with van der Waals surface area (Å²) in [5.74, 6) is 1.66. The van der Waals surface area contributed by atoms with E-state index in [1.54, 1.807) is 11.3 Å². The van der Waals surface area contributed by atoms with Crippen molar-refractivity contribution in [2.75, 3.05) is 43.5 Å². The molecule has 6 nitrogen and oxygen atoms in total. The number of aromatic nitrogens is 3. The zero-order valence-corrected chi connectivity index (χ0v) is 16.6. The Morgan fingerprint density at radius 3 is 2.56 bits per heavy atom. The molecule has 2 aromatic rings. The third-order valence-electron chi connectivity index (χ3n) is 4.36. The molecule has 0 amide bonds. The van der Waals surface area contributed by atoms with Gasteiger partial charge in [-0.3, -0.25) is 0 Å². The summed E-state index contributed by atoms with van der Waals surface area (Å²) in [7, 11) is 4.05. The average Bonchev–Trinajstić information content (AvgIpc) is 2.98. The molecule has 1 aliphatic heterocycles. The van der Waals surface area contributed by atoms with Gasteiger partial charge in [-0.15, -0.1) is 16.4 Å². The van der Waals surface area contributed by atoms with Gasteiger partial charge in [-0.1, -0.05) is 20.8 Å². The molecule has 0 saturated carbocycles. The molecule has 0 unspecified atom stereocenters. The van der Waals surface area contributed by atoms with E-state index in [-0.39, 0.29) is 5.41 Å². The van der Waals surface area contributed by atoms with Gasteiger partial charge in [-0.05, 0) is 12.1 Å². The highest BCUT2D eigenvalue weighted by Gasteiger charge is 2.28. The van der Waals surface area contributed by atoms with Crippen LogP contribution in [0, 0.1) is 5.92 Å². The fraction of sp³-hybridized carbons (Fsp3) is 0.611. The van der Waals surface area contributed by atoms with Crippen molar-refractivity contribution in [1.29, 1.82) is 0 Å². The molecule has 7 heteroatoms. The van der Waals surface area contributed by atoms with Crippen LogP contribution in [-0.2, 0) is 12.0 Å². The lowest BCUT2D eigenvalue weighted by Crippen LogP contribution is -2.51. The number of hydrogen-bond donors (Lipinski definition) is 1. The van der Waals surface area contributed by atoms with Crippen LogP contribution in [0.3, 0.4) is 0 Å². The van der Waals surface area contributed by atoms with Crippen LogP contribution < -0.4 is 15.1 Å². The van der Waals surface area contributed by atoms with Crippen LogP contribution in [0.1, 0.15) is 31.3 Å². The Balaban J connectivity index is 1.40. The quantitative estimate of drug-likeness (QED) is 0.854. The topological polar surface area (TPSA) is 57.2 Å². The Morgan fingerprint density at radius 2 is 2.00 bits per heavy atom. The average molecular weight is 361 g/mol. The van der Waals surface area contributed by atoms with Crippen LogP contribution in [0.5, 0.6) is 0 Å². The first kappa shape index (κ1) is 18.1.